The van der Waals surface area contributed by atoms with Crippen LogP contribution in [-0.4, -0.2) is 6.03 Å². The van der Waals surface area contributed by atoms with Gasteiger partial charge < -0.3 is 16.4 Å². The molecule has 0 radical (unpaired) electrons. The highest BCUT2D eigenvalue weighted by molar-refractivity contribution is 7.11. The normalized spacial score (nSPS) is 10.1. The van der Waals surface area contributed by atoms with Crippen molar-refractivity contribution in [3.63, 3.8) is 0 Å². The van der Waals surface area contributed by atoms with E-state index in [1.165, 1.54) is 4.88 Å². The fraction of sp³-hybridized carbons (Fsp3) is 0.154. The number of rotatable bonds is 3. The first-order chi connectivity index (χ1) is 8.63. The molecule has 0 spiro atoms. The largest absolute Gasteiger partial charge is 0.399 e. The van der Waals surface area contributed by atoms with Crippen molar-refractivity contribution >= 4 is 28.7 Å². The molecule has 2 amide bonds. The van der Waals surface area contributed by atoms with E-state index >= 15 is 0 Å². The maximum atomic E-state index is 11.6. The van der Waals surface area contributed by atoms with Crippen molar-refractivity contribution in [1.82, 2.24) is 5.32 Å². The number of nitrogen functional groups attached to an aromatic ring is 1. The first-order valence-electron chi connectivity index (χ1n) is 5.59. The number of hydrogen-bond acceptors (Lipinski definition) is 3. The molecule has 4 nitrogen and oxygen atoms in total. The SMILES string of the molecule is Cc1ccc(CNC(=O)Nc2ccc(N)cc2)s1. The van der Waals surface area contributed by atoms with Crippen molar-refractivity contribution < 1.29 is 4.79 Å². The van der Waals surface area contributed by atoms with Crippen LogP contribution < -0.4 is 16.4 Å². The molecular formula is C13H15N3OS. The second-order valence-corrected chi connectivity index (χ2v) is 5.31. The number of urea groups is 1. The minimum Gasteiger partial charge on any atom is -0.399 e. The van der Waals surface area contributed by atoms with Crippen LogP contribution in [0.25, 0.3) is 0 Å². The molecule has 0 saturated carbocycles. The maximum absolute atomic E-state index is 11.6. The third-order valence-electron chi connectivity index (χ3n) is 2.39. The van der Waals surface area contributed by atoms with Crippen LogP contribution in [0.5, 0.6) is 0 Å². The van der Waals surface area contributed by atoms with E-state index < -0.39 is 0 Å². The van der Waals surface area contributed by atoms with Crippen LogP contribution in [-0.2, 0) is 6.54 Å². The molecule has 0 aliphatic carbocycles. The Morgan fingerprint density at radius 1 is 1.22 bits per heavy atom. The number of benzene rings is 1. The van der Waals surface area contributed by atoms with Crippen molar-refractivity contribution in [3.05, 3.63) is 46.2 Å². The summed E-state index contributed by atoms with van der Waals surface area (Å²) in [5, 5.41) is 5.55. The lowest BCUT2D eigenvalue weighted by molar-refractivity contribution is 0.252. The Morgan fingerprint density at radius 3 is 2.56 bits per heavy atom. The number of anilines is 2. The number of carbonyl (C=O) groups excluding carboxylic acids is 1. The van der Waals surface area contributed by atoms with Crippen LogP contribution in [0.2, 0.25) is 0 Å². The van der Waals surface area contributed by atoms with Crippen LogP contribution in [0, 0.1) is 6.92 Å². The lowest BCUT2D eigenvalue weighted by Crippen LogP contribution is -2.27. The van der Waals surface area contributed by atoms with Gasteiger partial charge in [-0.05, 0) is 43.3 Å². The lowest BCUT2D eigenvalue weighted by atomic mass is 10.3. The van der Waals surface area contributed by atoms with Crippen molar-refractivity contribution in [3.8, 4) is 0 Å². The number of thiophene rings is 1. The van der Waals surface area contributed by atoms with Gasteiger partial charge in [0.15, 0.2) is 0 Å². The zero-order chi connectivity index (χ0) is 13.0. The minimum atomic E-state index is -0.217. The second-order valence-electron chi connectivity index (χ2n) is 3.94. The van der Waals surface area contributed by atoms with Crippen LogP contribution in [0.3, 0.4) is 0 Å². The number of carbonyl (C=O) groups is 1. The molecule has 0 saturated heterocycles. The molecule has 5 heteroatoms. The summed E-state index contributed by atoms with van der Waals surface area (Å²) in [5.41, 5.74) is 6.97. The van der Waals surface area contributed by atoms with E-state index in [1.807, 2.05) is 19.1 Å². The van der Waals surface area contributed by atoms with Gasteiger partial charge in [-0.15, -0.1) is 11.3 Å². The van der Waals surface area contributed by atoms with Gasteiger partial charge in [-0.25, -0.2) is 4.79 Å². The zero-order valence-corrected chi connectivity index (χ0v) is 10.9. The molecule has 0 aliphatic heterocycles. The van der Waals surface area contributed by atoms with E-state index in [-0.39, 0.29) is 6.03 Å². The molecule has 0 bridgehead atoms. The standard InChI is InChI=1S/C13H15N3OS/c1-9-2-7-12(18-9)8-15-13(17)16-11-5-3-10(14)4-6-11/h2-7H,8,14H2,1H3,(H2,15,16,17). The Kier molecular flexibility index (Phi) is 3.84. The molecule has 4 N–H and O–H groups in total. The molecule has 1 aromatic heterocycles. The first-order valence-corrected chi connectivity index (χ1v) is 6.41. The van der Waals surface area contributed by atoms with Crippen LogP contribution in [0.4, 0.5) is 16.2 Å². The summed E-state index contributed by atoms with van der Waals surface area (Å²) < 4.78 is 0. The summed E-state index contributed by atoms with van der Waals surface area (Å²) >= 11 is 1.68. The maximum Gasteiger partial charge on any atom is 0.319 e. The number of hydrogen-bond donors (Lipinski definition) is 3. The van der Waals surface area contributed by atoms with E-state index in [1.54, 1.807) is 35.6 Å². The summed E-state index contributed by atoms with van der Waals surface area (Å²) in [7, 11) is 0. The monoisotopic (exact) mass is 261 g/mol. The molecule has 0 aliphatic rings. The molecule has 1 aromatic carbocycles. The average Bonchev–Trinajstić information content (AvgIpc) is 2.76. The molecule has 2 rings (SSSR count). The van der Waals surface area contributed by atoms with E-state index in [0.717, 1.165) is 10.6 Å². The highest BCUT2D eigenvalue weighted by Crippen LogP contribution is 2.14. The zero-order valence-electron chi connectivity index (χ0n) is 10.1. The van der Waals surface area contributed by atoms with E-state index in [4.69, 9.17) is 5.73 Å². The van der Waals surface area contributed by atoms with Crippen molar-refractivity contribution in [2.24, 2.45) is 0 Å². The van der Waals surface area contributed by atoms with Crippen LogP contribution in [0.1, 0.15) is 9.75 Å². The number of amides is 2. The van der Waals surface area contributed by atoms with Gasteiger partial charge in [0, 0.05) is 21.1 Å². The topological polar surface area (TPSA) is 67.2 Å². The van der Waals surface area contributed by atoms with Gasteiger partial charge in [0.1, 0.15) is 0 Å². The van der Waals surface area contributed by atoms with Gasteiger partial charge in [-0.3, -0.25) is 0 Å². The Hall–Kier alpha value is -2.01. The van der Waals surface area contributed by atoms with Gasteiger partial charge in [-0.1, -0.05) is 0 Å². The molecular weight excluding hydrogens is 246 g/mol. The van der Waals surface area contributed by atoms with Gasteiger partial charge in [0.2, 0.25) is 0 Å². The van der Waals surface area contributed by atoms with E-state index in [9.17, 15) is 4.79 Å². The molecule has 0 atom stereocenters. The van der Waals surface area contributed by atoms with Crippen molar-refractivity contribution in [2.45, 2.75) is 13.5 Å². The highest BCUT2D eigenvalue weighted by atomic mass is 32.1. The summed E-state index contributed by atoms with van der Waals surface area (Å²) in [4.78, 5) is 14.0. The summed E-state index contributed by atoms with van der Waals surface area (Å²) in [6, 6.07) is 10.9. The lowest BCUT2D eigenvalue weighted by Gasteiger charge is -2.06. The Balaban J connectivity index is 1.83. The van der Waals surface area contributed by atoms with E-state index in [0.29, 0.717) is 12.2 Å². The summed E-state index contributed by atoms with van der Waals surface area (Å²) in [6.07, 6.45) is 0. The molecule has 1 heterocycles. The summed E-state index contributed by atoms with van der Waals surface area (Å²) in [6.45, 7) is 2.59. The van der Waals surface area contributed by atoms with Gasteiger partial charge in [0.05, 0.1) is 6.54 Å². The van der Waals surface area contributed by atoms with Gasteiger partial charge in [0.25, 0.3) is 0 Å². The van der Waals surface area contributed by atoms with Crippen molar-refractivity contribution in [2.75, 3.05) is 11.1 Å². The second kappa shape index (κ2) is 5.55. The Labute approximate surface area is 110 Å². The van der Waals surface area contributed by atoms with Gasteiger partial charge >= 0.3 is 6.03 Å². The number of nitrogens with two attached hydrogens (primary N) is 1. The number of aryl methyl sites for hydroxylation is 1. The Morgan fingerprint density at radius 2 is 1.94 bits per heavy atom. The Bertz CT molecular complexity index is 533. The van der Waals surface area contributed by atoms with Crippen LogP contribution >= 0.6 is 11.3 Å². The predicted octanol–water partition coefficient (Wildman–Crippen LogP) is 2.96. The quantitative estimate of drug-likeness (QED) is 0.744. The average molecular weight is 261 g/mol. The molecule has 0 unspecified atom stereocenters. The molecule has 18 heavy (non-hydrogen) atoms. The molecule has 2 aromatic rings. The van der Waals surface area contributed by atoms with Gasteiger partial charge in [-0.2, -0.15) is 0 Å². The van der Waals surface area contributed by atoms with Crippen molar-refractivity contribution in [1.29, 1.82) is 0 Å². The minimum absolute atomic E-state index is 0.217. The summed E-state index contributed by atoms with van der Waals surface area (Å²) in [5.74, 6) is 0. The third kappa shape index (κ3) is 3.49. The first kappa shape index (κ1) is 12.4. The fourth-order valence-corrected chi connectivity index (χ4v) is 2.32. The molecule has 94 valence electrons. The highest BCUT2D eigenvalue weighted by Gasteiger charge is 2.02. The van der Waals surface area contributed by atoms with Crippen LogP contribution in [0.15, 0.2) is 36.4 Å². The predicted molar refractivity (Wildman–Crippen MR) is 75.8 cm³/mol. The van der Waals surface area contributed by atoms with E-state index in [2.05, 4.69) is 10.6 Å². The third-order valence-corrected chi connectivity index (χ3v) is 3.39. The molecule has 0 fully saturated rings. The number of nitrogens with one attached hydrogen (secondary N) is 2. The smallest absolute Gasteiger partial charge is 0.319 e. The fourth-order valence-electron chi connectivity index (χ4n) is 1.49.